The minimum atomic E-state index is -0.865. The van der Waals surface area contributed by atoms with Gasteiger partial charge in [0.15, 0.2) is 5.76 Å². The van der Waals surface area contributed by atoms with E-state index in [4.69, 9.17) is 4.52 Å². The Bertz CT molecular complexity index is 873. The summed E-state index contributed by atoms with van der Waals surface area (Å²) in [7, 11) is 1.22. The van der Waals surface area contributed by atoms with Crippen molar-refractivity contribution in [2.45, 2.75) is 13.3 Å². The maximum atomic E-state index is 13.6. The lowest BCUT2D eigenvalue weighted by atomic mass is 10.1. The van der Waals surface area contributed by atoms with Crippen molar-refractivity contribution in [1.29, 1.82) is 0 Å². The van der Waals surface area contributed by atoms with E-state index in [1.165, 1.54) is 24.2 Å². The summed E-state index contributed by atoms with van der Waals surface area (Å²) in [6.07, 6.45) is 2.56. The van der Waals surface area contributed by atoms with Crippen molar-refractivity contribution in [2.75, 3.05) is 7.11 Å². The van der Waals surface area contributed by atoms with E-state index in [0.717, 1.165) is 0 Å². The minimum Gasteiger partial charge on any atom is -0.465 e. The van der Waals surface area contributed by atoms with Gasteiger partial charge in [0.25, 0.3) is 0 Å². The molecule has 2 aromatic heterocycles. The first-order chi connectivity index (χ1) is 11.7. The van der Waals surface area contributed by atoms with Crippen LogP contribution in [0, 0.1) is 0 Å². The lowest BCUT2D eigenvalue weighted by Crippen LogP contribution is -2.04. The van der Waals surface area contributed by atoms with Crippen molar-refractivity contribution in [3.8, 4) is 17.0 Å². The third kappa shape index (κ3) is 2.66. The average Bonchev–Trinajstić information content (AvgIpc) is 3.27. The highest BCUT2D eigenvalue weighted by atomic mass is 19.1. The van der Waals surface area contributed by atoms with Crippen LogP contribution in [0.4, 0.5) is 8.78 Å². The number of rotatable bonds is 5. The largest absolute Gasteiger partial charge is 0.465 e. The fourth-order valence-corrected chi connectivity index (χ4v) is 2.38. The molecule has 0 aliphatic carbocycles. The van der Waals surface area contributed by atoms with Crippen LogP contribution in [0.5, 0.6) is 0 Å². The maximum Gasteiger partial charge on any atom is 0.343 e. The minimum absolute atomic E-state index is 0.0717. The molecule has 0 bridgehead atoms. The number of benzene rings is 1. The van der Waals surface area contributed by atoms with Crippen LogP contribution in [0.2, 0.25) is 0 Å². The van der Waals surface area contributed by atoms with Gasteiger partial charge in [-0.25, -0.2) is 18.3 Å². The number of alkyl halides is 2. The van der Waals surface area contributed by atoms with Gasteiger partial charge < -0.3 is 9.26 Å². The van der Waals surface area contributed by atoms with Gasteiger partial charge in [0.2, 0.25) is 0 Å². The number of carbonyl (C=O) groups is 1. The summed E-state index contributed by atoms with van der Waals surface area (Å²) >= 11 is 0. The van der Waals surface area contributed by atoms with Gasteiger partial charge in [0.05, 0.1) is 36.4 Å². The number of methoxy groups -OCH3 is 1. The first-order valence-electron chi connectivity index (χ1n) is 7.01. The molecule has 0 unspecified atom stereocenters. The highest BCUT2D eigenvalue weighted by molar-refractivity contribution is 5.95. The van der Waals surface area contributed by atoms with E-state index in [-0.39, 0.29) is 22.6 Å². The second-order valence-corrected chi connectivity index (χ2v) is 4.91. The predicted molar refractivity (Wildman–Crippen MR) is 80.0 cm³/mol. The van der Waals surface area contributed by atoms with Crippen LogP contribution in [0.1, 0.15) is 21.6 Å². The molecule has 0 saturated carbocycles. The summed E-state index contributed by atoms with van der Waals surface area (Å²) in [4.78, 5) is 11.7. The molecule has 0 N–H and O–H groups in total. The Balaban J connectivity index is 2.11. The highest BCUT2D eigenvalue weighted by Crippen LogP contribution is 2.30. The lowest BCUT2D eigenvalue weighted by molar-refractivity contribution is 0.0601. The van der Waals surface area contributed by atoms with E-state index in [1.807, 2.05) is 0 Å². The second-order valence-electron chi connectivity index (χ2n) is 4.91. The molecule has 0 radical (unpaired) electrons. The molecule has 124 valence electrons. The van der Waals surface area contributed by atoms with Crippen LogP contribution in [-0.2, 0) is 18.1 Å². The van der Waals surface area contributed by atoms with Crippen molar-refractivity contribution in [1.82, 2.24) is 14.9 Å². The molecule has 24 heavy (non-hydrogen) atoms. The molecule has 8 heteroatoms. The first-order valence-corrected chi connectivity index (χ1v) is 7.01. The molecule has 3 aromatic rings. The van der Waals surface area contributed by atoms with E-state index in [0.29, 0.717) is 11.3 Å². The number of carbonyl (C=O) groups excluding carboxylic acids is 1. The van der Waals surface area contributed by atoms with Gasteiger partial charge in [-0.05, 0) is 17.7 Å². The smallest absolute Gasteiger partial charge is 0.343 e. The molecule has 6 nitrogen and oxygen atoms in total. The molecular weight excluding hydrogens is 320 g/mol. The number of hydrogen-bond acceptors (Lipinski definition) is 5. The zero-order valence-electron chi connectivity index (χ0n) is 12.7. The summed E-state index contributed by atoms with van der Waals surface area (Å²) in [5, 5.41) is 7.70. The quantitative estimate of drug-likeness (QED) is 0.670. The molecular formula is C16H13F2N3O3. The van der Waals surface area contributed by atoms with Crippen LogP contribution in [0.3, 0.4) is 0 Å². The zero-order chi connectivity index (χ0) is 17.1. The Morgan fingerprint density at radius 2 is 2.12 bits per heavy atom. The number of esters is 1. The highest BCUT2D eigenvalue weighted by Gasteiger charge is 2.24. The molecule has 0 fully saturated rings. The summed E-state index contributed by atoms with van der Waals surface area (Å²) in [6, 6.07) is 6.52. The summed E-state index contributed by atoms with van der Waals surface area (Å²) < 4.78 is 37.5. The monoisotopic (exact) mass is 333 g/mol. The summed E-state index contributed by atoms with van der Waals surface area (Å²) in [5.74, 6) is -0.578. The first kappa shape index (κ1) is 15.9. The van der Waals surface area contributed by atoms with E-state index in [9.17, 15) is 13.6 Å². The molecule has 2 heterocycles. The van der Waals surface area contributed by atoms with Gasteiger partial charge in [-0.2, -0.15) is 5.10 Å². The van der Waals surface area contributed by atoms with E-state index >= 15 is 0 Å². The molecule has 3 rings (SSSR count). The molecule has 0 aliphatic heterocycles. The lowest BCUT2D eigenvalue weighted by Gasteiger charge is -2.07. The summed E-state index contributed by atoms with van der Waals surface area (Å²) in [6.45, 7) is -1.50. The third-order valence-corrected chi connectivity index (χ3v) is 3.53. The van der Waals surface area contributed by atoms with Crippen LogP contribution >= 0.6 is 0 Å². The number of nitrogens with zero attached hydrogens (tertiary/aromatic N) is 3. The molecule has 0 aliphatic rings. The number of halogens is 2. The average molecular weight is 333 g/mol. The van der Waals surface area contributed by atoms with Crippen molar-refractivity contribution < 1.29 is 22.8 Å². The standard InChI is InChI=1S/C16H13F2N3O3/c1-23-16(22)13-9-20-24-15(13)12-8-19-21(14(12)7-18)11-4-2-3-10(5-11)6-17/h2-5,8-9H,6-7H2,1H3. The third-order valence-electron chi connectivity index (χ3n) is 3.53. The Hall–Kier alpha value is -3.03. The van der Waals surface area contributed by atoms with Crippen LogP contribution in [0.15, 0.2) is 41.2 Å². The topological polar surface area (TPSA) is 70.2 Å². The molecule has 0 amide bonds. The normalized spacial score (nSPS) is 10.8. The molecule has 0 saturated heterocycles. The predicted octanol–water partition coefficient (Wildman–Crippen LogP) is 3.25. The van der Waals surface area contributed by atoms with E-state index in [1.54, 1.807) is 24.3 Å². The molecule has 0 atom stereocenters. The van der Waals surface area contributed by atoms with Crippen LogP contribution < -0.4 is 0 Å². The Morgan fingerprint density at radius 3 is 2.83 bits per heavy atom. The Labute approximate surface area is 135 Å². The number of aromatic nitrogens is 3. The number of hydrogen-bond donors (Lipinski definition) is 0. The van der Waals surface area contributed by atoms with Gasteiger partial charge in [0.1, 0.15) is 18.9 Å². The second kappa shape index (κ2) is 6.61. The SMILES string of the molecule is COC(=O)c1cnoc1-c1cnn(-c2cccc(CF)c2)c1CF. The molecule has 0 spiro atoms. The fourth-order valence-electron chi connectivity index (χ4n) is 2.38. The fraction of sp³-hybridized carbons (Fsp3) is 0.188. The molecule has 1 aromatic carbocycles. The van der Waals surface area contributed by atoms with Crippen LogP contribution in [-0.4, -0.2) is 28.0 Å². The van der Waals surface area contributed by atoms with Crippen LogP contribution in [0.25, 0.3) is 17.0 Å². The van der Waals surface area contributed by atoms with Crippen molar-refractivity contribution in [3.05, 3.63) is 53.5 Å². The van der Waals surface area contributed by atoms with Gasteiger partial charge in [0, 0.05) is 0 Å². The van der Waals surface area contributed by atoms with Crippen molar-refractivity contribution in [2.24, 2.45) is 0 Å². The Morgan fingerprint density at radius 1 is 1.29 bits per heavy atom. The zero-order valence-corrected chi connectivity index (χ0v) is 12.7. The Kier molecular flexibility index (Phi) is 4.37. The van der Waals surface area contributed by atoms with Gasteiger partial charge in [-0.15, -0.1) is 0 Å². The van der Waals surface area contributed by atoms with Crippen molar-refractivity contribution >= 4 is 5.97 Å². The number of ether oxygens (including phenoxy) is 1. The van der Waals surface area contributed by atoms with E-state index < -0.39 is 19.3 Å². The maximum absolute atomic E-state index is 13.6. The summed E-state index contributed by atoms with van der Waals surface area (Å²) in [5.41, 5.74) is 1.46. The van der Waals surface area contributed by atoms with Crippen molar-refractivity contribution in [3.63, 3.8) is 0 Å². The van der Waals surface area contributed by atoms with Gasteiger partial charge in [-0.1, -0.05) is 17.3 Å². The van der Waals surface area contributed by atoms with Gasteiger partial charge >= 0.3 is 5.97 Å². The van der Waals surface area contributed by atoms with E-state index in [2.05, 4.69) is 15.0 Å². The van der Waals surface area contributed by atoms with Gasteiger partial charge in [-0.3, -0.25) is 0 Å².